The highest BCUT2D eigenvalue weighted by molar-refractivity contribution is 6.35. The summed E-state index contributed by atoms with van der Waals surface area (Å²) in [4.78, 5) is 38.5. The summed E-state index contributed by atoms with van der Waals surface area (Å²) in [6.07, 6.45) is 2.81. The van der Waals surface area contributed by atoms with Crippen LogP contribution in [0.3, 0.4) is 0 Å². The van der Waals surface area contributed by atoms with Crippen molar-refractivity contribution in [1.82, 2.24) is 10.2 Å². The van der Waals surface area contributed by atoms with Gasteiger partial charge in [0.1, 0.15) is 6.04 Å². The minimum atomic E-state index is -0.564. The highest BCUT2D eigenvalue weighted by Crippen LogP contribution is 2.24. The van der Waals surface area contributed by atoms with Crippen LogP contribution in [0.5, 0.6) is 0 Å². The van der Waals surface area contributed by atoms with Gasteiger partial charge in [-0.25, -0.2) is 0 Å². The Bertz CT molecular complexity index is 850. The molecule has 0 bridgehead atoms. The number of furan rings is 1. The number of hydrogen-bond donors (Lipinski definition) is 2. The summed E-state index contributed by atoms with van der Waals surface area (Å²) >= 11 is 11.9. The molecule has 2 N–H and O–H groups in total. The maximum Gasteiger partial charge on any atom is 0.286 e. The van der Waals surface area contributed by atoms with Gasteiger partial charge in [-0.15, -0.1) is 0 Å². The molecule has 1 atom stereocenters. The molecule has 7 nitrogen and oxygen atoms in total. The van der Waals surface area contributed by atoms with Crippen LogP contribution in [0, 0.1) is 0 Å². The molecule has 1 aromatic heterocycles. The zero-order valence-electron chi connectivity index (χ0n) is 14.9. The van der Waals surface area contributed by atoms with E-state index < -0.39 is 6.04 Å². The molecule has 9 heteroatoms. The second-order valence-corrected chi connectivity index (χ2v) is 7.25. The number of carbonyl (C=O) groups excluding carboxylic acids is 3. The lowest BCUT2D eigenvalue weighted by Gasteiger charge is -2.24. The van der Waals surface area contributed by atoms with Crippen molar-refractivity contribution in [2.45, 2.75) is 25.3 Å². The quantitative estimate of drug-likeness (QED) is 0.744. The molecule has 1 saturated heterocycles. The Labute approximate surface area is 172 Å². The van der Waals surface area contributed by atoms with Crippen molar-refractivity contribution in [2.75, 3.05) is 18.4 Å². The van der Waals surface area contributed by atoms with Gasteiger partial charge in [0.15, 0.2) is 5.76 Å². The number of amides is 3. The van der Waals surface area contributed by atoms with E-state index in [0.717, 1.165) is 6.42 Å². The molecule has 1 fully saturated rings. The third-order valence-corrected chi connectivity index (χ3v) is 4.81. The lowest BCUT2D eigenvalue weighted by Crippen LogP contribution is -2.44. The van der Waals surface area contributed by atoms with Gasteiger partial charge in [-0.05, 0) is 43.2 Å². The van der Waals surface area contributed by atoms with Crippen LogP contribution in [0.25, 0.3) is 0 Å². The Kier molecular flexibility index (Phi) is 6.59. The van der Waals surface area contributed by atoms with E-state index in [1.54, 1.807) is 35.2 Å². The molecule has 1 unspecified atom stereocenters. The van der Waals surface area contributed by atoms with Crippen LogP contribution in [0.4, 0.5) is 5.69 Å². The van der Waals surface area contributed by atoms with Gasteiger partial charge < -0.3 is 20.0 Å². The van der Waals surface area contributed by atoms with Gasteiger partial charge in [0.2, 0.25) is 11.8 Å². The van der Waals surface area contributed by atoms with E-state index in [9.17, 15) is 14.4 Å². The molecule has 28 heavy (non-hydrogen) atoms. The van der Waals surface area contributed by atoms with Gasteiger partial charge in [-0.3, -0.25) is 14.4 Å². The summed E-state index contributed by atoms with van der Waals surface area (Å²) in [5, 5.41) is 6.21. The normalized spacial score (nSPS) is 16.1. The van der Waals surface area contributed by atoms with Crippen molar-refractivity contribution in [3.05, 3.63) is 52.4 Å². The zero-order chi connectivity index (χ0) is 20.1. The zero-order valence-corrected chi connectivity index (χ0v) is 16.4. The van der Waals surface area contributed by atoms with Gasteiger partial charge in [0.25, 0.3) is 5.91 Å². The number of carbonyl (C=O) groups is 3. The first kappa shape index (κ1) is 20.2. The number of halogens is 2. The Morgan fingerprint density at radius 3 is 2.61 bits per heavy atom. The molecule has 0 spiro atoms. The lowest BCUT2D eigenvalue weighted by molar-refractivity contribution is -0.136. The molecular weight excluding hydrogens is 405 g/mol. The van der Waals surface area contributed by atoms with Crippen molar-refractivity contribution in [2.24, 2.45) is 0 Å². The standard InChI is InChI=1S/C19H19Cl2N3O4/c20-12-9-13(21)11-14(10-12)23-18(26)15-3-1-7-24(15)17(25)5-6-22-19(27)16-4-2-8-28-16/h2,4,8-11,15H,1,3,5-7H2,(H,22,27)(H,23,26). The molecule has 3 rings (SSSR count). The van der Waals surface area contributed by atoms with Crippen molar-refractivity contribution in [3.8, 4) is 0 Å². The molecule has 0 radical (unpaired) electrons. The summed E-state index contributed by atoms with van der Waals surface area (Å²) in [6, 6.07) is 7.35. The number of rotatable bonds is 6. The smallest absolute Gasteiger partial charge is 0.286 e. The van der Waals surface area contributed by atoms with Gasteiger partial charge in [-0.2, -0.15) is 0 Å². The molecule has 1 aliphatic rings. The summed E-state index contributed by atoms with van der Waals surface area (Å²) in [5.74, 6) is -0.678. The third-order valence-electron chi connectivity index (χ3n) is 4.38. The molecule has 0 saturated carbocycles. The Balaban J connectivity index is 1.53. The lowest BCUT2D eigenvalue weighted by atomic mass is 10.2. The second-order valence-electron chi connectivity index (χ2n) is 6.38. The first-order valence-electron chi connectivity index (χ1n) is 8.82. The Hall–Kier alpha value is -2.51. The highest BCUT2D eigenvalue weighted by Gasteiger charge is 2.33. The maximum atomic E-state index is 12.6. The third kappa shape index (κ3) is 5.05. The minimum Gasteiger partial charge on any atom is -0.459 e. The SMILES string of the molecule is O=C(NCCC(=O)N1CCCC1C(=O)Nc1cc(Cl)cc(Cl)c1)c1ccco1. The van der Waals surface area contributed by atoms with Crippen LogP contribution in [0.1, 0.15) is 29.8 Å². The van der Waals surface area contributed by atoms with Gasteiger partial charge in [0, 0.05) is 35.2 Å². The average molecular weight is 424 g/mol. The number of nitrogens with zero attached hydrogens (tertiary/aromatic N) is 1. The van der Waals surface area contributed by atoms with Crippen molar-refractivity contribution >= 4 is 46.6 Å². The number of anilines is 1. The Morgan fingerprint density at radius 2 is 1.93 bits per heavy atom. The monoisotopic (exact) mass is 423 g/mol. The number of hydrogen-bond acceptors (Lipinski definition) is 4. The highest BCUT2D eigenvalue weighted by atomic mass is 35.5. The molecule has 3 amide bonds. The van der Waals surface area contributed by atoms with E-state index in [1.165, 1.54) is 6.26 Å². The van der Waals surface area contributed by atoms with Crippen molar-refractivity contribution in [3.63, 3.8) is 0 Å². The average Bonchev–Trinajstić information content (AvgIpc) is 3.32. The molecule has 1 aliphatic heterocycles. The molecule has 2 heterocycles. The number of likely N-dealkylation sites (tertiary alicyclic amines) is 1. The molecule has 0 aliphatic carbocycles. The molecular formula is C19H19Cl2N3O4. The Morgan fingerprint density at radius 1 is 1.18 bits per heavy atom. The largest absolute Gasteiger partial charge is 0.459 e. The van der Waals surface area contributed by atoms with E-state index in [-0.39, 0.29) is 36.4 Å². The van der Waals surface area contributed by atoms with Crippen LogP contribution >= 0.6 is 23.2 Å². The van der Waals surface area contributed by atoms with Crippen LogP contribution in [-0.4, -0.2) is 41.8 Å². The van der Waals surface area contributed by atoms with E-state index >= 15 is 0 Å². The van der Waals surface area contributed by atoms with E-state index in [0.29, 0.717) is 28.7 Å². The minimum absolute atomic E-state index is 0.0965. The fourth-order valence-electron chi connectivity index (χ4n) is 3.11. The van der Waals surface area contributed by atoms with Crippen LogP contribution < -0.4 is 10.6 Å². The van der Waals surface area contributed by atoms with Crippen molar-refractivity contribution < 1.29 is 18.8 Å². The fourth-order valence-corrected chi connectivity index (χ4v) is 3.64. The van der Waals surface area contributed by atoms with Gasteiger partial charge >= 0.3 is 0 Å². The molecule has 2 aromatic rings. The van der Waals surface area contributed by atoms with Crippen LogP contribution in [0.2, 0.25) is 10.0 Å². The summed E-state index contributed by atoms with van der Waals surface area (Å²) < 4.78 is 5.00. The predicted octanol–water partition coefficient (Wildman–Crippen LogP) is 3.34. The van der Waals surface area contributed by atoms with Gasteiger partial charge in [-0.1, -0.05) is 23.2 Å². The van der Waals surface area contributed by atoms with Gasteiger partial charge in [0.05, 0.1) is 6.26 Å². The number of benzene rings is 1. The van der Waals surface area contributed by atoms with Crippen molar-refractivity contribution in [1.29, 1.82) is 0 Å². The second kappa shape index (κ2) is 9.12. The first-order valence-corrected chi connectivity index (χ1v) is 9.58. The summed E-state index contributed by atoms with van der Waals surface area (Å²) in [6.45, 7) is 0.659. The van der Waals surface area contributed by atoms with E-state index in [4.69, 9.17) is 27.6 Å². The predicted molar refractivity (Wildman–Crippen MR) is 105 cm³/mol. The first-order chi connectivity index (χ1) is 13.4. The van der Waals surface area contributed by atoms with Crippen LogP contribution in [-0.2, 0) is 9.59 Å². The summed E-state index contributed by atoms with van der Waals surface area (Å²) in [5.41, 5.74) is 0.479. The van der Waals surface area contributed by atoms with E-state index in [1.807, 2.05) is 0 Å². The summed E-state index contributed by atoms with van der Waals surface area (Å²) in [7, 11) is 0. The topological polar surface area (TPSA) is 91.7 Å². The maximum absolute atomic E-state index is 12.6. The number of nitrogens with one attached hydrogen (secondary N) is 2. The van der Waals surface area contributed by atoms with E-state index in [2.05, 4.69) is 10.6 Å². The molecule has 148 valence electrons. The fraction of sp³-hybridized carbons (Fsp3) is 0.316. The molecule has 1 aromatic carbocycles. The van der Waals surface area contributed by atoms with Crippen LogP contribution in [0.15, 0.2) is 41.0 Å².